The number of hydrogen-bond acceptors (Lipinski definition) is 1. The number of carbonyl (C=O) groups is 1. The number of aromatic nitrogens is 1. The Morgan fingerprint density at radius 2 is 1.68 bits per heavy atom. The van der Waals surface area contributed by atoms with Crippen LogP contribution >= 0.6 is 15.9 Å². The fourth-order valence-corrected chi connectivity index (χ4v) is 4.45. The van der Waals surface area contributed by atoms with Gasteiger partial charge in [0, 0.05) is 28.1 Å². The van der Waals surface area contributed by atoms with E-state index >= 15 is 0 Å². The van der Waals surface area contributed by atoms with E-state index in [0.717, 1.165) is 26.5 Å². The number of fused-ring (bicyclic) bond motifs is 1. The molecular formula is C27H26BrNO2. The molecule has 158 valence electrons. The third-order valence-corrected chi connectivity index (χ3v) is 6.32. The van der Waals surface area contributed by atoms with Crippen LogP contribution in [0.15, 0.2) is 83.5 Å². The van der Waals surface area contributed by atoms with Crippen molar-refractivity contribution in [2.75, 3.05) is 0 Å². The highest BCUT2D eigenvalue weighted by atomic mass is 79.9. The summed E-state index contributed by atoms with van der Waals surface area (Å²) in [4.78, 5) is 12.3. The Bertz CT molecular complexity index is 1190. The predicted molar refractivity (Wildman–Crippen MR) is 130 cm³/mol. The summed E-state index contributed by atoms with van der Waals surface area (Å²) in [6, 6.07) is 24.6. The van der Waals surface area contributed by atoms with Crippen molar-refractivity contribution in [3.05, 3.63) is 106 Å². The van der Waals surface area contributed by atoms with Crippen LogP contribution in [0.3, 0.4) is 0 Å². The first-order chi connectivity index (χ1) is 14.9. The van der Waals surface area contributed by atoms with Gasteiger partial charge in [-0.3, -0.25) is 4.79 Å². The zero-order valence-corrected chi connectivity index (χ0v) is 19.3. The van der Waals surface area contributed by atoms with Crippen molar-refractivity contribution in [1.29, 1.82) is 0 Å². The summed E-state index contributed by atoms with van der Waals surface area (Å²) in [7, 11) is 0. The molecule has 4 rings (SSSR count). The van der Waals surface area contributed by atoms with Gasteiger partial charge in [-0.25, -0.2) is 0 Å². The topological polar surface area (TPSA) is 42.2 Å². The normalized spacial score (nSPS) is 12.4. The molecule has 1 unspecified atom stereocenters. The summed E-state index contributed by atoms with van der Waals surface area (Å²) in [6.45, 7) is 5.09. The molecule has 0 amide bonds. The van der Waals surface area contributed by atoms with E-state index in [1.165, 1.54) is 11.1 Å². The van der Waals surface area contributed by atoms with E-state index in [0.29, 0.717) is 18.9 Å². The van der Waals surface area contributed by atoms with Crippen LogP contribution in [0.4, 0.5) is 0 Å². The first-order valence-electron chi connectivity index (χ1n) is 10.6. The summed E-state index contributed by atoms with van der Waals surface area (Å²) in [5.74, 6) is -0.910. The number of rotatable bonds is 7. The van der Waals surface area contributed by atoms with E-state index < -0.39 is 11.9 Å². The van der Waals surface area contributed by atoms with E-state index in [2.05, 4.69) is 64.7 Å². The van der Waals surface area contributed by atoms with Crippen LogP contribution in [0, 0.1) is 0 Å². The van der Waals surface area contributed by atoms with Crippen LogP contribution in [-0.2, 0) is 17.8 Å². The molecule has 4 heteroatoms. The number of aliphatic carboxylic acids is 1. The second-order valence-corrected chi connectivity index (χ2v) is 9.27. The average Bonchev–Trinajstić information content (AvgIpc) is 3.10. The second kappa shape index (κ2) is 9.11. The smallest absolute Gasteiger partial charge is 0.311 e. The van der Waals surface area contributed by atoms with Gasteiger partial charge in [0.15, 0.2) is 0 Å². The lowest BCUT2D eigenvalue weighted by molar-refractivity contribution is -0.138. The van der Waals surface area contributed by atoms with E-state index in [1.54, 1.807) is 0 Å². The van der Waals surface area contributed by atoms with E-state index in [1.807, 2.05) is 48.7 Å². The molecule has 0 saturated heterocycles. The molecule has 1 N–H and O–H groups in total. The van der Waals surface area contributed by atoms with Gasteiger partial charge in [-0.1, -0.05) is 84.4 Å². The maximum absolute atomic E-state index is 12.3. The van der Waals surface area contributed by atoms with Crippen molar-refractivity contribution in [3.63, 3.8) is 0 Å². The summed E-state index contributed by atoms with van der Waals surface area (Å²) in [6.07, 6.45) is 2.49. The minimum Gasteiger partial charge on any atom is -0.481 e. The minimum atomic E-state index is -0.802. The van der Waals surface area contributed by atoms with Gasteiger partial charge in [-0.2, -0.15) is 0 Å². The van der Waals surface area contributed by atoms with Gasteiger partial charge in [0.2, 0.25) is 0 Å². The Labute approximate surface area is 191 Å². The van der Waals surface area contributed by atoms with E-state index in [9.17, 15) is 9.90 Å². The lowest BCUT2D eigenvalue weighted by Gasteiger charge is -2.12. The maximum Gasteiger partial charge on any atom is 0.311 e. The molecule has 1 heterocycles. The second-order valence-electron chi connectivity index (χ2n) is 8.35. The highest BCUT2D eigenvalue weighted by Crippen LogP contribution is 2.33. The summed E-state index contributed by atoms with van der Waals surface area (Å²) in [5.41, 5.74) is 5.44. The SMILES string of the molecule is CC(C)c1ccc(Cn2cc(C(Cc3ccccc3)C(=O)O)c3cc(Br)ccc32)cc1. The molecule has 0 bridgehead atoms. The Kier molecular flexibility index (Phi) is 6.28. The third kappa shape index (κ3) is 4.75. The standard InChI is InChI=1S/C27H26BrNO2/c1-18(2)21-10-8-20(9-11-21)16-29-17-25(23-15-22(28)12-13-26(23)29)24(27(30)31)14-19-6-4-3-5-7-19/h3-13,15,17-18,24H,14,16H2,1-2H3,(H,30,31). The van der Waals surface area contributed by atoms with Gasteiger partial charge in [-0.15, -0.1) is 0 Å². The molecule has 0 aliphatic rings. The number of carboxylic acid groups (broad SMARTS) is 1. The van der Waals surface area contributed by atoms with Crippen LogP contribution in [0.25, 0.3) is 10.9 Å². The minimum absolute atomic E-state index is 0.463. The number of benzene rings is 3. The van der Waals surface area contributed by atoms with Crippen molar-refractivity contribution in [3.8, 4) is 0 Å². The Morgan fingerprint density at radius 1 is 0.968 bits per heavy atom. The van der Waals surface area contributed by atoms with Crippen molar-refractivity contribution in [1.82, 2.24) is 4.57 Å². The number of nitrogens with zero attached hydrogens (tertiary/aromatic N) is 1. The number of hydrogen-bond donors (Lipinski definition) is 1. The van der Waals surface area contributed by atoms with Gasteiger partial charge >= 0.3 is 5.97 Å². The van der Waals surface area contributed by atoms with Crippen LogP contribution in [0.1, 0.15) is 47.9 Å². The molecular weight excluding hydrogens is 450 g/mol. The summed E-state index contributed by atoms with van der Waals surface area (Å²) >= 11 is 3.56. The van der Waals surface area contributed by atoms with Crippen LogP contribution in [0.5, 0.6) is 0 Å². The monoisotopic (exact) mass is 475 g/mol. The molecule has 0 spiro atoms. The molecule has 31 heavy (non-hydrogen) atoms. The third-order valence-electron chi connectivity index (χ3n) is 5.83. The highest BCUT2D eigenvalue weighted by molar-refractivity contribution is 9.10. The van der Waals surface area contributed by atoms with Crippen molar-refractivity contribution >= 4 is 32.8 Å². The zero-order chi connectivity index (χ0) is 22.0. The Hall–Kier alpha value is -2.85. The first-order valence-corrected chi connectivity index (χ1v) is 11.4. The van der Waals surface area contributed by atoms with Crippen molar-refractivity contribution in [2.24, 2.45) is 0 Å². The van der Waals surface area contributed by atoms with Gasteiger partial charge in [0.05, 0.1) is 5.92 Å². The molecule has 0 aliphatic carbocycles. The Balaban J connectivity index is 1.75. The lowest BCUT2D eigenvalue weighted by atomic mass is 9.92. The van der Waals surface area contributed by atoms with Crippen LogP contribution in [-0.4, -0.2) is 15.6 Å². The van der Waals surface area contributed by atoms with E-state index in [4.69, 9.17) is 0 Å². The fraction of sp³-hybridized carbons (Fsp3) is 0.222. The quantitative estimate of drug-likeness (QED) is 0.313. The first kappa shape index (κ1) is 21.4. The van der Waals surface area contributed by atoms with Gasteiger partial charge in [0.1, 0.15) is 0 Å². The number of carboxylic acids is 1. The summed E-state index contributed by atoms with van der Waals surface area (Å²) in [5, 5.41) is 11.1. The largest absolute Gasteiger partial charge is 0.481 e. The Morgan fingerprint density at radius 3 is 2.32 bits per heavy atom. The van der Waals surface area contributed by atoms with E-state index in [-0.39, 0.29) is 0 Å². The molecule has 0 aliphatic heterocycles. The molecule has 3 nitrogen and oxygen atoms in total. The molecule has 3 aromatic carbocycles. The van der Waals surface area contributed by atoms with Crippen LogP contribution in [0.2, 0.25) is 0 Å². The van der Waals surface area contributed by atoms with Gasteiger partial charge in [0.25, 0.3) is 0 Å². The lowest BCUT2D eigenvalue weighted by Crippen LogP contribution is -2.14. The number of halogens is 1. The van der Waals surface area contributed by atoms with Gasteiger partial charge < -0.3 is 9.67 Å². The molecule has 1 aromatic heterocycles. The molecule has 0 fully saturated rings. The summed E-state index contributed by atoms with van der Waals surface area (Å²) < 4.78 is 3.12. The molecule has 0 saturated carbocycles. The fourth-order valence-electron chi connectivity index (χ4n) is 4.09. The molecule has 4 aromatic rings. The molecule has 0 radical (unpaired) electrons. The zero-order valence-electron chi connectivity index (χ0n) is 17.8. The maximum atomic E-state index is 12.3. The highest BCUT2D eigenvalue weighted by Gasteiger charge is 2.25. The van der Waals surface area contributed by atoms with Crippen molar-refractivity contribution in [2.45, 2.75) is 38.6 Å². The van der Waals surface area contributed by atoms with Crippen molar-refractivity contribution < 1.29 is 9.90 Å². The average molecular weight is 476 g/mol. The van der Waals surface area contributed by atoms with Crippen LogP contribution < -0.4 is 0 Å². The van der Waals surface area contributed by atoms with Gasteiger partial charge in [-0.05, 0) is 52.8 Å². The predicted octanol–water partition coefficient (Wildman–Crippen LogP) is 6.99. The molecule has 1 atom stereocenters.